The van der Waals surface area contributed by atoms with Gasteiger partial charge in [0.15, 0.2) is 0 Å². The summed E-state index contributed by atoms with van der Waals surface area (Å²) in [7, 11) is 0. The summed E-state index contributed by atoms with van der Waals surface area (Å²) in [6, 6.07) is 8.33. The molecular formula is C13H15NOS. The van der Waals surface area contributed by atoms with E-state index < -0.39 is 0 Å². The monoisotopic (exact) mass is 233 g/mol. The zero-order chi connectivity index (χ0) is 11.5. The van der Waals surface area contributed by atoms with Gasteiger partial charge < -0.3 is 5.11 Å². The number of hydrogen-bond acceptors (Lipinski definition) is 3. The van der Waals surface area contributed by atoms with Gasteiger partial charge in [-0.2, -0.15) is 0 Å². The van der Waals surface area contributed by atoms with Crippen LogP contribution in [0.3, 0.4) is 0 Å². The Hall–Kier alpha value is -1.19. The predicted molar refractivity (Wildman–Crippen MR) is 67.7 cm³/mol. The van der Waals surface area contributed by atoms with E-state index in [1.165, 1.54) is 16.0 Å². The first-order chi connectivity index (χ1) is 7.66. The fourth-order valence-corrected chi connectivity index (χ4v) is 2.52. The maximum atomic E-state index is 9.30. The molecule has 0 radical (unpaired) electrons. The number of aliphatic hydroxyl groups is 1. The highest BCUT2D eigenvalue weighted by Gasteiger charge is 2.05. The summed E-state index contributed by atoms with van der Waals surface area (Å²) in [6.45, 7) is 3.83. The summed E-state index contributed by atoms with van der Waals surface area (Å²) in [5.74, 6) is 0. The van der Waals surface area contributed by atoms with E-state index in [1.54, 1.807) is 18.3 Å². The first-order valence-corrected chi connectivity index (χ1v) is 6.22. The molecule has 0 bridgehead atoms. The molecule has 0 amide bonds. The highest BCUT2D eigenvalue weighted by molar-refractivity contribution is 7.13. The summed E-state index contributed by atoms with van der Waals surface area (Å²) < 4.78 is 0. The van der Waals surface area contributed by atoms with Crippen LogP contribution in [0.2, 0.25) is 0 Å². The van der Waals surface area contributed by atoms with Gasteiger partial charge in [-0.15, -0.1) is 11.3 Å². The van der Waals surface area contributed by atoms with Gasteiger partial charge in [0.1, 0.15) is 0 Å². The van der Waals surface area contributed by atoms with Crippen LogP contribution in [0.25, 0.3) is 10.4 Å². The third-order valence-electron chi connectivity index (χ3n) is 2.49. The lowest BCUT2D eigenvalue weighted by atomic mass is 10.1. The van der Waals surface area contributed by atoms with Crippen molar-refractivity contribution >= 4 is 11.3 Å². The molecule has 1 N–H and O–H groups in total. The molecule has 0 saturated heterocycles. The smallest absolute Gasteiger partial charge is 0.0801 e. The van der Waals surface area contributed by atoms with Crippen molar-refractivity contribution in [2.24, 2.45) is 0 Å². The Kier molecular flexibility index (Phi) is 3.36. The van der Waals surface area contributed by atoms with Gasteiger partial charge in [-0.3, -0.25) is 0 Å². The van der Waals surface area contributed by atoms with E-state index in [2.05, 4.69) is 29.2 Å². The number of hydrogen-bond donors (Lipinski definition) is 1. The summed E-state index contributed by atoms with van der Waals surface area (Å²) in [4.78, 5) is 5.47. The van der Waals surface area contributed by atoms with E-state index in [-0.39, 0.29) is 6.10 Å². The Morgan fingerprint density at radius 3 is 2.50 bits per heavy atom. The average molecular weight is 233 g/mol. The summed E-state index contributed by atoms with van der Waals surface area (Å²) in [6.07, 6.45) is 0.429. The van der Waals surface area contributed by atoms with Gasteiger partial charge in [0.2, 0.25) is 0 Å². The maximum Gasteiger partial charge on any atom is 0.0801 e. The second kappa shape index (κ2) is 4.76. The molecule has 0 aliphatic rings. The van der Waals surface area contributed by atoms with Crippen molar-refractivity contribution in [3.8, 4) is 10.4 Å². The average Bonchev–Trinajstić information content (AvgIpc) is 2.65. The third kappa shape index (κ3) is 2.49. The lowest BCUT2D eigenvalue weighted by molar-refractivity contribution is 0.195. The number of thiazole rings is 1. The van der Waals surface area contributed by atoms with Crippen molar-refractivity contribution in [1.82, 2.24) is 4.98 Å². The highest BCUT2D eigenvalue weighted by Crippen LogP contribution is 2.27. The van der Waals surface area contributed by atoms with Crippen molar-refractivity contribution in [3.05, 3.63) is 41.0 Å². The van der Waals surface area contributed by atoms with Crippen molar-refractivity contribution in [1.29, 1.82) is 0 Å². The molecule has 0 aliphatic heterocycles. The molecule has 0 spiro atoms. The van der Waals surface area contributed by atoms with Crippen LogP contribution in [0.4, 0.5) is 0 Å². The molecule has 1 heterocycles. The minimum absolute atomic E-state index is 0.281. The molecule has 1 aromatic carbocycles. The van der Waals surface area contributed by atoms with E-state index in [0.29, 0.717) is 6.42 Å². The standard InChI is InChI=1S/C13H15NOS/c1-9(15)7-11-3-5-12(6-4-11)13-10(2)14-8-16-13/h3-6,8-9,15H,7H2,1-2H3. The van der Waals surface area contributed by atoms with Crippen LogP contribution in [0.1, 0.15) is 18.2 Å². The summed E-state index contributed by atoms with van der Waals surface area (Å²) in [5.41, 5.74) is 5.32. The molecular weight excluding hydrogens is 218 g/mol. The van der Waals surface area contributed by atoms with Crippen LogP contribution in [-0.4, -0.2) is 16.2 Å². The molecule has 84 valence electrons. The largest absolute Gasteiger partial charge is 0.393 e. The first-order valence-electron chi connectivity index (χ1n) is 5.34. The molecule has 1 atom stereocenters. The summed E-state index contributed by atoms with van der Waals surface area (Å²) in [5, 5.41) is 9.30. The number of nitrogens with zero attached hydrogens (tertiary/aromatic N) is 1. The van der Waals surface area contributed by atoms with Crippen molar-refractivity contribution < 1.29 is 5.11 Å². The van der Waals surface area contributed by atoms with Crippen LogP contribution in [0.5, 0.6) is 0 Å². The van der Waals surface area contributed by atoms with Crippen molar-refractivity contribution in [3.63, 3.8) is 0 Å². The van der Waals surface area contributed by atoms with Gasteiger partial charge in [-0.1, -0.05) is 24.3 Å². The Bertz CT molecular complexity index is 459. The van der Waals surface area contributed by atoms with Gasteiger partial charge >= 0.3 is 0 Å². The molecule has 1 aromatic heterocycles. The van der Waals surface area contributed by atoms with Crippen LogP contribution >= 0.6 is 11.3 Å². The lowest BCUT2D eigenvalue weighted by Gasteiger charge is -2.05. The number of benzene rings is 1. The van der Waals surface area contributed by atoms with Gasteiger partial charge in [0.05, 0.1) is 22.2 Å². The topological polar surface area (TPSA) is 33.1 Å². The zero-order valence-corrected chi connectivity index (χ0v) is 10.3. The van der Waals surface area contributed by atoms with E-state index in [1.807, 2.05) is 12.4 Å². The lowest BCUT2D eigenvalue weighted by Crippen LogP contribution is -2.03. The van der Waals surface area contributed by atoms with E-state index >= 15 is 0 Å². The van der Waals surface area contributed by atoms with E-state index in [9.17, 15) is 5.11 Å². The molecule has 0 aliphatic carbocycles. The van der Waals surface area contributed by atoms with Crippen LogP contribution in [0.15, 0.2) is 29.8 Å². The molecule has 16 heavy (non-hydrogen) atoms. The van der Waals surface area contributed by atoms with Gasteiger partial charge in [-0.25, -0.2) is 4.98 Å². The first kappa shape index (κ1) is 11.3. The second-order valence-corrected chi connectivity index (χ2v) is 4.87. The molecule has 0 saturated carbocycles. The number of aryl methyl sites for hydroxylation is 1. The Labute approximate surface area is 99.6 Å². The van der Waals surface area contributed by atoms with Crippen LogP contribution < -0.4 is 0 Å². The van der Waals surface area contributed by atoms with Crippen LogP contribution in [-0.2, 0) is 6.42 Å². The minimum atomic E-state index is -0.281. The van der Waals surface area contributed by atoms with Crippen LogP contribution in [0, 0.1) is 6.92 Å². The maximum absolute atomic E-state index is 9.30. The number of aliphatic hydroxyl groups excluding tert-OH is 1. The highest BCUT2D eigenvalue weighted by atomic mass is 32.1. The molecule has 2 aromatic rings. The van der Waals surface area contributed by atoms with Gasteiger partial charge in [-0.05, 0) is 31.4 Å². The third-order valence-corrected chi connectivity index (χ3v) is 3.47. The summed E-state index contributed by atoms with van der Waals surface area (Å²) >= 11 is 1.66. The SMILES string of the molecule is Cc1ncsc1-c1ccc(CC(C)O)cc1. The molecule has 3 heteroatoms. The van der Waals surface area contributed by atoms with Crippen molar-refractivity contribution in [2.45, 2.75) is 26.4 Å². The molecule has 1 unspecified atom stereocenters. The Morgan fingerprint density at radius 2 is 2.00 bits per heavy atom. The second-order valence-electron chi connectivity index (χ2n) is 4.02. The Morgan fingerprint density at radius 1 is 1.31 bits per heavy atom. The zero-order valence-electron chi connectivity index (χ0n) is 9.47. The van der Waals surface area contributed by atoms with E-state index in [4.69, 9.17) is 0 Å². The van der Waals surface area contributed by atoms with E-state index in [0.717, 1.165) is 5.69 Å². The molecule has 2 nitrogen and oxygen atoms in total. The molecule has 2 rings (SSSR count). The number of rotatable bonds is 3. The quantitative estimate of drug-likeness (QED) is 0.884. The normalized spacial score (nSPS) is 12.7. The van der Waals surface area contributed by atoms with Crippen molar-refractivity contribution in [2.75, 3.05) is 0 Å². The number of aromatic nitrogens is 1. The molecule has 0 fully saturated rings. The fraction of sp³-hybridized carbons (Fsp3) is 0.308. The Balaban J connectivity index is 2.23. The minimum Gasteiger partial charge on any atom is -0.393 e. The van der Waals surface area contributed by atoms with Gasteiger partial charge in [0.25, 0.3) is 0 Å². The van der Waals surface area contributed by atoms with Gasteiger partial charge in [0, 0.05) is 0 Å². The fourth-order valence-electron chi connectivity index (χ4n) is 1.71. The predicted octanol–water partition coefficient (Wildman–Crippen LogP) is 3.04.